The molecule has 0 spiro atoms. The summed E-state index contributed by atoms with van der Waals surface area (Å²) in [6.45, 7) is -0.595. The van der Waals surface area contributed by atoms with Crippen LogP contribution in [-0.4, -0.2) is 50.7 Å². The fourth-order valence-electron chi connectivity index (χ4n) is 2.17. The average molecular weight is 277 g/mol. The van der Waals surface area contributed by atoms with Crippen molar-refractivity contribution in [3.8, 4) is 0 Å². The minimum Gasteiger partial charge on any atom is -0.481 e. The third-order valence-corrected chi connectivity index (χ3v) is 3.03. The number of halogens is 3. The Bertz CT molecular complexity index is 492. The molecule has 0 saturated carbocycles. The Kier molecular flexibility index (Phi) is 2.99. The van der Waals surface area contributed by atoms with E-state index in [2.05, 4.69) is 4.98 Å². The number of carboxylic acids is 1. The van der Waals surface area contributed by atoms with Gasteiger partial charge in [0, 0.05) is 25.5 Å². The van der Waals surface area contributed by atoms with E-state index in [0.717, 1.165) is 0 Å². The molecule has 1 N–H and O–H groups in total. The van der Waals surface area contributed by atoms with Crippen molar-refractivity contribution in [3.05, 3.63) is 18.7 Å². The van der Waals surface area contributed by atoms with Gasteiger partial charge in [-0.25, -0.2) is 4.98 Å². The van der Waals surface area contributed by atoms with Crippen molar-refractivity contribution in [3.63, 3.8) is 0 Å². The second-order valence-electron chi connectivity index (χ2n) is 4.42. The number of carboxylic acid groups (broad SMARTS) is 1. The molecule has 1 aromatic rings. The molecule has 1 amide bonds. The molecule has 104 valence electrons. The van der Waals surface area contributed by atoms with Crippen LogP contribution in [-0.2, 0) is 15.1 Å². The number of hydrogen-bond acceptors (Lipinski definition) is 3. The van der Waals surface area contributed by atoms with E-state index in [1.54, 1.807) is 0 Å². The highest BCUT2D eigenvalue weighted by molar-refractivity contribution is 5.83. The molecule has 1 saturated heterocycles. The molecule has 2 heterocycles. The van der Waals surface area contributed by atoms with Crippen molar-refractivity contribution in [2.24, 2.45) is 0 Å². The SMILES string of the molecule is O=C(O)CC1(n2ccnc2)CN(C(=O)C(F)(F)F)C1. The molecule has 0 atom stereocenters. The molecule has 0 bridgehead atoms. The van der Waals surface area contributed by atoms with Crippen LogP contribution in [0.3, 0.4) is 0 Å². The Labute approximate surface area is 105 Å². The molecule has 1 aromatic heterocycles. The number of nitrogens with zero attached hydrogens (tertiary/aromatic N) is 3. The Morgan fingerprint density at radius 2 is 2.00 bits per heavy atom. The predicted octanol–water partition coefficient (Wildman–Crippen LogP) is 0.458. The van der Waals surface area contributed by atoms with Gasteiger partial charge in [0.1, 0.15) is 0 Å². The molecule has 1 aliphatic heterocycles. The molecule has 6 nitrogen and oxygen atoms in total. The molecule has 2 rings (SSSR count). The summed E-state index contributed by atoms with van der Waals surface area (Å²) >= 11 is 0. The van der Waals surface area contributed by atoms with Gasteiger partial charge in [0.25, 0.3) is 0 Å². The van der Waals surface area contributed by atoms with Gasteiger partial charge in [0.2, 0.25) is 0 Å². The molecule has 9 heteroatoms. The number of aliphatic carboxylic acids is 1. The van der Waals surface area contributed by atoms with Crippen molar-refractivity contribution in [2.45, 2.75) is 18.1 Å². The van der Waals surface area contributed by atoms with Crippen molar-refractivity contribution in [1.82, 2.24) is 14.5 Å². The van der Waals surface area contributed by atoms with Crippen LogP contribution in [0.25, 0.3) is 0 Å². The van der Waals surface area contributed by atoms with E-state index >= 15 is 0 Å². The Morgan fingerprint density at radius 3 is 2.42 bits per heavy atom. The lowest BCUT2D eigenvalue weighted by molar-refractivity contribution is -0.196. The number of rotatable bonds is 3. The van der Waals surface area contributed by atoms with Gasteiger partial charge in [-0.05, 0) is 0 Å². The maximum atomic E-state index is 12.3. The lowest BCUT2D eigenvalue weighted by atomic mass is 9.85. The van der Waals surface area contributed by atoms with Gasteiger partial charge in [-0.1, -0.05) is 0 Å². The molecular weight excluding hydrogens is 267 g/mol. The van der Waals surface area contributed by atoms with Gasteiger partial charge in [0.05, 0.1) is 18.3 Å². The second kappa shape index (κ2) is 4.25. The van der Waals surface area contributed by atoms with Crippen LogP contribution in [0.15, 0.2) is 18.7 Å². The summed E-state index contributed by atoms with van der Waals surface area (Å²) in [4.78, 5) is 26.2. The summed E-state index contributed by atoms with van der Waals surface area (Å²) in [5, 5.41) is 8.84. The van der Waals surface area contributed by atoms with Crippen LogP contribution in [0, 0.1) is 0 Å². The lowest BCUT2D eigenvalue weighted by Crippen LogP contribution is -2.66. The maximum Gasteiger partial charge on any atom is 0.471 e. The normalized spacial score (nSPS) is 17.9. The van der Waals surface area contributed by atoms with E-state index in [-0.39, 0.29) is 19.5 Å². The van der Waals surface area contributed by atoms with Crippen LogP contribution < -0.4 is 0 Å². The van der Waals surface area contributed by atoms with E-state index in [0.29, 0.717) is 4.90 Å². The van der Waals surface area contributed by atoms with E-state index in [9.17, 15) is 22.8 Å². The number of amides is 1. The molecule has 1 aliphatic rings. The molecule has 0 unspecified atom stereocenters. The smallest absolute Gasteiger partial charge is 0.471 e. The fraction of sp³-hybridized carbons (Fsp3) is 0.500. The van der Waals surface area contributed by atoms with Crippen molar-refractivity contribution < 1.29 is 27.9 Å². The third-order valence-electron chi connectivity index (χ3n) is 3.03. The van der Waals surface area contributed by atoms with Gasteiger partial charge in [0.15, 0.2) is 0 Å². The van der Waals surface area contributed by atoms with Gasteiger partial charge >= 0.3 is 18.1 Å². The minimum absolute atomic E-state index is 0.298. The first kappa shape index (κ1) is 13.4. The second-order valence-corrected chi connectivity index (χ2v) is 4.42. The van der Waals surface area contributed by atoms with Crippen LogP contribution in [0.4, 0.5) is 13.2 Å². The quantitative estimate of drug-likeness (QED) is 0.870. The number of hydrogen-bond donors (Lipinski definition) is 1. The summed E-state index contributed by atoms with van der Waals surface area (Å²) < 4.78 is 38.2. The number of carbonyl (C=O) groups excluding carboxylic acids is 1. The van der Waals surface area contributed by atoms with E-state index < -0.39 is 23.6 Å². The molecular formula is C10H10F3N3O3. The zero-order chi connectivity index (χ0) is 14.3. The van der Waals surface area contributed by atoms with E-state index in [4.69, 9.17) is 5.11 Å². The number of aromatic nitrogens is 2. The lowest BCUT2D eigenvalue weighted by Gasteiger charge is -2.50. The zero-order valence-corrected chi connectivity index (χ0v) is 9.59. The zero-order valence-electron chi connectivity index (χ0n) is 9.59. The van der Waals surface area contributed by atoms with Gasteiger partial charge in [-0.2, -0.15) is 13.2 Å². The van der Waals surface area contributed by atoms with Gasteiger partial charge < -0.3 is 14.6 Å². The first-order valence-corrected chi connectivity index (χ1v) is 5.31. The predicted molar refractivity (Wildman–Crippen MR) is 55.1 cm³/mol. The first-order valence-electron chi connectivity index (χ1n) is 5.31. The largest absolute Gasteiger partial charge is 0.481 e. The number of likely N-dealkylation sites (tertiary alicyclic amines) is 1. The number of carbonyl (C=O) groups is 2. The topological polar surface area (TPSA) is 75.4 Å². The summed E-state index contributed by atoms with van der Waals surface area (Å²) in [6.07, 6.45) is -1.11. The van der Waals surface area contributed by atoms with Crippen LogP contribution in [0.1, 0.15) is 6.42 Å². The standard InChI is InChI=1S/C10H10F3N3O3/c11-10(12,13)8(19)15-4-9(5-15,3-7(17)18)16-2-1-14-6-16/h1-2,6H,3-5H2,(H,17,18). The molecule has 19 heavy (non-hydrogen) atoms. The highest BCUT2D eigenvalue weighted by atomic mass is 19.4. The first-order chi connectivity index (χ1) is 8.74. The number of alkyl halides is 3. The monoisotopic (exact) mass is 277 g/mol. The molecule has 1 fully saturated rings. The van der Waals surface area contributed by atoms with Gasteiger partial charge in [-0.15, -0.1) is 0 Å². The molecule has 0 aliphatic carbocycles. The van der Waals surface area contributed by atoms with Crippen LogP contribution in [0.5, 0.6) is 0 Å². The summed E-state index contributed by atoms with van der Waals surface area (Å²) in [5.74, 6) is -3.10. The van der Waals surface area contributed by atoms with E-state index in [1.807, 2.05) is 0 Å². The highest BCUT2D eigenvalue weighted by Gasteiger charge is 2.54. The summed E-state index contributed by atoms with van der Waals surface area (Å²) in [6, 6.07) is 0. The molecule has 0 radical (unpaired) electrons. The van der Waals surface area contributed by atoms with E-state index in [1.165, 1.54) is 23.3 Å². The average Bonchev–Trinajstić information content (AvgIpc) is 2.73. The van der Waals surface area contributed by atoms with Crippen LogP contribution >= 0.6 is 0 Å². The summed E-state index contributed by atoms with van der Waals surface area (Å²) in [5.41, 5.74) is -1.05. The molecule has 0 aromatic carbocycles. The minimum atomic E-state index is -4.94. The Hall–Kier alpha value is -2.06. The van der Waals surface area contributed by atoms with Crippen molar-refractivity contribution in [1.29, 1.82) is 0 Å². The van der Waals surface area contributed by atoms with Crippen LogP contribution in [0.2, 0.25) is 0 Å². The third kappa shape index (κ3) is 2.40. The van der Waals surface area contributed by atoms with Crippen molar-refractivity contribution >= 4 is 11.9 Å². The van der Waals surface area contributed by atoms with Crippen molar-refractivity contribution in [2.75, 3.05) is 13.1 Å². The fourth-order valence-corrected chi connectivity index (χ4v) is 2.17. The Balaban J connectivity index is 2.15. The Morgan fingerprint density at radius 1 is 1.37 bits per heavy atom. The van der Waals surface area contributed by atoms with Gasteiger partial charge in [-0.3, -0.25) is 9.59 Å². The summed E-state index contributed by atoms with van der Waals surface area (Å²) in [7, 11) is 0. The highest BCUT2D eigenvalue weighted by Crippen LogP contribution is 2.35. The number of imidazole rings is 1. The maximum absolute atomic E-state index is 12.3.